The molecule has 0 saturated carbocycles. The first-order valence-electron chi connectivity index (χ1n) is 3.61. The molecule has 0 aliphatic rings. The maximum absolute atomic E-state index is 12.8. The lowest BCUT2D eigenvalue weighted by Gasteiger charge is -1.91. The highest BCUT2D eigenvalue weighted by atomic mass is 79.9. The molecule has 0 N–H and O–H groups in total. The second-order valence-corrected chi connectivity index (χ2v) is 3.01. The Bertz CT molecular complexity index is 354. The minimum atomic E-state index is -0.859. The van der Waals surface area contributed by atoms with Gasteiger partial charge in [0.1, 0.15) is 0 Å². The summed E-state index contributed by atoms with van der Waals surface area (Å²) in [5, 5.41) is 0.732. The molecule has 4 heteroatoms. The normalized spacial score (nSPS) is 9.15. The number of halogens is 3. The first kappa shape index (κ1) is 10.1. The van der Waals surface area contributed by atoms with Gasteiger partial charge in [-0.15, -0.1) is 0 Å². The first-order chi connectivity index (χ1) is 6.24. The molecular weight excluding hydrogens is 240 g/mol. The molecule has 0 aromatic carbocycles. The van der Waals surface area contributed by atoms with Crippen LogP contribution in [0.2, 0.25) is 0 Å². The molecule has 68 valence electrons. The Morgan fingerprint density at radius 2 is 2.15 bits per heavy atom. The molecule has 13 heavy (non-hydrogen) atoms. The SMILES string of the molecule is Fc1ccc(C#CCCBr)c(F)n1. The zero-order valence-electron chi connectivity index (χ0n) is 6.65. The van der Waals surface area contributed by atoms with Gasteiger partial charge in [-0.1, -0.05) is 27.8 Å². The van der Waals surface area contributed by atoms with Crippen LogP contribution in [0, 0.1) is 23.7 Å². The van der Waals surface area contributed by atoms with E-state index in [1.54, 1.807) is 0 Å². The molecule has 0 fully saturated rings. The van der Waals surface area contributed by atoms with Crippen LogP contribution in [0.3, 0.4) is 0 Å². The van der Waals surface area contributed by atoms with Crippen molar-refractivity contribution in [3.63, 3.8) is 0 Å². The van der Waals surface area contributed by atoms with Crippen LogP contribution < -0.4 is 0 Å². The van der Waals surface area contributed by atoms with E-state index in [2.05, 4.69) is 32.8 Å². The summed E-state index contributed by atoms with van der Waals surface area (Å²) in [6.07, 6.45) is 0.622. The molecule has 0 unspecified atom stereocenters. The van der Waals surface area contributed by atoms with Crippen LogP contribution >= 0.6 is 15.9 Å². The third kappa shape index (κ3) is 3.11. The van der Waals surface area contributed by atoms with Crippen LogP contribution in [0.25, 0.3) is 0 Å². The zero-order chi connectivity index (χ0) is 9.68. The number of pyridine rings is 1. The standard InChI is InChI=1S/C9H6BrF2N/c10-6-2-1-3-7-4-5-8(11)13-9(7)12/h4-5H,2,6H2. The Labute approximate surface area is 83.3 Å². The van der Waals surface area contributed by atoms with E-state index < -0.39 is 11.9 Å². The van der Waals surface area contributed by atoms with E-state index in [0.717, 1.165) is 11.4 Å². The summed E-state index contributed by atoms with van der Waals surface area (Å²) in [6, 6.07) is 2.36. The highest BCUT2D eigenvalue weighted by Crippen LogP contribution is 2.03. The zero-order valence-corrected chi connectivity index (χ0v) is 8.24. The summed E-state index contributed by atoms with van der Waals surface area (Å²) in [7, 11) is 0. The third-order valence-corrected chi connectivity index (χ3v) is 1.65. The maximum atomic E-state index is 12.8. The van der Waals surface area contributed by atoms with E-state index in [-0.39, 0.29) is 5.56 Å². The average Bonchev–Trinajstić information content (AvgIpc) is 2.09. The van der Waals surface area contributed by atoms with Gasteiger partial charge in [0.05, 0.1) is 5.56 Å². The number of hydrogen-bond acceptors (Lipinski definition) is 1. The maximum Gasteiger partial charge on any atom is 0.231 e. The predicted octanol–water partition coefficient (Wildman–Crippen LogP) is 2.50. The Morgan fingerprint density at radius 3 is 2.77 bits per heavy atom. The van der Waals surface area contributed by atoms with Crippen molar-refractivity contribution < 1.29 is 8.78 Å². The molecule has 1 nitrogen and oxygen atoms in total. The second-order valence-electron chi connectivity index (χ2n) is 2.21. The van der Waals surface area contributed by atoms with Crippen molar-refractivity contribution in [1.82, 2.24) is 4.98 Å². The van der Waals surface area contributed by atoms with Crippen LogP contribution in [0.1, 0.15) is 12.0 Å². The van der Waals surface area contributed by atoms with Crippen molar-refractivity contribution >= 4 is 15.9 Å². The molecule has 1 aromatic heterocycles. The number of nitrogens with zero attached hydrogens (tertiary/aromatic N) is 1. The molecule has 0 spiro atoms. The Hall–Kier alpha value is -0.950. The van der Waals surface area contributed by atoms with Gasteiger partial charge in [0.15, 0.2) is 0 Å². The van der Waals surface area contributed by atoms with Crippen LogP contribution in [0.4, 0.5) is 8.78 Å². The lowest BCUT2D eigenvalue weighted by molar-refractivity contribution is 0.510. The Morgan fingerprint density at radius 1 is 1.38 bits per heavy atom. The number of aromatic nitrogens is 1. The molecule has 1 rings (SSSR count). The van der Waals surface area contributed by atoms with E-state index in [1.807, 2.05) is 0 Å². The van der Waals surface area contributed by atoms with Crippen LogP contribution in [0.5, 0.6) is 0 Å². The molecule has 0 saturated heterocycles. The predicted molar refractivity (Wildman–Crippen MR) is 49.4 cm³/mol. The monoisotopic (exact) mass is 245 g/mol. The number of rotatable bonds is 1. The van der Waals surface area contributed by atoms with Crippen molar-refractivity contribution in [3.05, 3.63) is 29.6 Å². The van der Waals surface area contributed by atoms with Gasteiger partial charge >= 0.3 is 0 Å². The molecule has 1 aromatic rings. The van der Waals surface area contributed by atoms with Gasteiger partial charge in [-0.05, 0) is 12.1 Å². The second kappa shape index (κ2) is 4.93. The van der Waals surface area contributed by atoms with E-state index >= 15 is 0 Å². The van der Waals surface area contributed by atoms with Gasteiger partial charge in [-0.25, -0.2) is 0 Å². The summed E-state index contributed by atoms with van der Waals surface area (Å²) >= 11 is 3.18. The smallest absolute Gasteiger partial charge is 0.189 e. The fraction of sp³-hybridized carbons (Fsp3) is 0.222. The van der Waals surface area contributed by atoms with Gasteiger partial charge < -0.3 is 0 Å². The molecule has 0 atom stereocenters. The minimum absolute atomic E-state index is 0.127. The largest absolute Gasteiger partial charge is 0.231 e. The van der Waals surface area contributed by atoms with Gasteiger partial charge in [-0.2, -0.15) is 13.8 Å². The summed E-state index contributed by atoms with van der Waals surface area (Å²) < 4.78 is 25.1. The van der Waals surface area contributed by atoms with Gasteiger partial charge in [0.25, 0.3) is 0 Å². The third-order valence-electron chi connectivity index (χ3n) is 1.26. The molecule has 0 amide bonds. The summed E-state index contributed by atoms with van der Waals surface area (Å²) in [4.78, 5) is 3.00. The summed E-state index contributed by atoms with van der Waals surface area (Å²) in [6.45, 7) is 0. The Kier molecular flexibility index (Phi) is 3.84. The molecular formula is C9H6BrF2N. The minimum Gasteiger partial charge on any atom is -0.189 e. The fourth-order valence-electron chi connectivity index (χ4n) is 0.710. The van der Waals surface area contributed by atoms with Crippen molar-refractivity contribution in [3.8, 4) is 11.8 Å². The topological polar surface area (TPSA) is 12.9 Å². The van der Waals surface area contributed by atoms with E-state index in [0.29, 0.717) is 6.42 Å². The lowest BCUT2D eigenvalue weighted by Crippen LogP contribution is -1.91. The molecule has 0 bridgehead atoms. The average molecular weight is 246 g/mol. The summed E-state index contributed by atoms with van der Waals surface area (Å²) in [5.41, 5.74) is 0.127. The van der Waals surface area contributed by atoms with Crippen molar-refractivity contribution in [2.45, 2.75) is 6.42 Å². The first-order valence-corrected chi connectivity index (χ1v) is 4.73. The van der Waals surface area contributed by atoms with E-state index in [9.17, 15) is 8.78 Å². The molecule has 0 aliphatic carbocycles. The molecule has 0 radical (unpaired) electrons. The van der Waals surface area contributed by atoms with Crippen molar-refractivity contribution in [2.75, 3.05) is 5.33 Å². The summed E-state index contributed by atoms with van der Waals surface area (Å²) in [5.74, 6) is 3.58. The van der Waals surface area contributed by atoms with Gasteiger partial charge in [-0.3, -0.25) is 0 Å². The lowest BCUT2D eigenvalue weighted by atomic mass is 10.3. The Balaban J connectivity index is 2.85. The number of alkyl halides is 1. The van der Waals surface area contributed by atoms with Gasteiger partial charge in [0.2, 0.25) is 11.9 Å². The van der Waals surface area contributed by atoms with Gasteiger partial charge in [0, 0.05) is 11.8 Å². The highest BCUT2D eigenvalue weighted by molar-refractivity contribution is 9.09. The van der Waals surface area contributed by atoms with E-state index in [1.165, 1.54) is 6.07 Å². The van der Waals surface area contributed by atoms with Crippen molar-refractivity contribution in [2.24, 2.45) is 0 Å². The van der Waals surface area contributed by atoms with Crippen LogP contribution in [0.15, 0.2) is 12.1 Å². The van der Waals surface area contributed by atoms with Crippen molar-refractivity contribution in [1.29, 1.82) is 0 Å². The highest BCUT2D eigenvalue weighted by Gasteiger charge is 2.01. The van der Waals surface area contributed by atoms with Crippen LogP contribution in [-0.4, -0.2) is 10.3 Å². The quantitative estimate of drug-likeness (QED) is 0.421. The molecule has 1 heterocycles. The number of hydrogen-bond donors (Lipinski definition) is 0. The fourth-order valence-corrected chi connectivity index (χ4v) is 0.909. The van der Waals surface area contributed by atoms with E-state index in [4.69, 9.17) is 0 Å². The molecule has 0 aliphatic heterocycles. The van der Waals surface area contributed by atoms with Crippen LogP contribution in [-0.2, 0) is 0 Å².